The normalized spacial score (nSPS) is 39.2. The van der Waals surface area contributed by atoms with Crippen LogP contribution in [-0.4, -0.2) is 84.4 Å². The van der Waals surface area contributed by atoms with Crippen LogP contribution in [0, 0.1) is 5.92 Å². The van der Waals surface area contributed by atoms with Gasteiger partial charge in [-0.05, 0) is 12.5 Å². The van der Waals surface area contributed by atoms with Crippen molar-refractivity contribution >= 4 is 61.0 Å². The van der Waals surface area contributed by atoms with Crippen LogP contribution < -0.4 is 16.6 Å². The summed E-state index contributed by atoms with van der Waals surface area (Å²) >= 11 is 8.09. The van der Waals surface area contributed by atoms with Crippen LogP contribution in [-0.2, 0) is 32.0 Å². The van der Waals surface area contributed by atoms with Crippen molar-refractivity contribution in [3.05, 3.63) is 35.3 Å². The summed E-state index contributed by atoms with van der Waals surface area (Å²) in [5.41, 5.74) is 4.95. The number of thiol groups is 2. The summed E-state index contributed by atoms with van der Waals surface area (Å²) in [4.78, 5) is 30.5. The van der Waals surface area contributed by atoms with Crippen LogP contribution in [0.15, 0.2) is 29.7 Å². The number of aromatic nitrogens is 6. The van der Waals surface area contributed by atoms with Crippen LogP contribution in [0.5, 0.6) is 0 Å². The molecule has 0 spiro atoms. The van der Waals surface area contributed by atoms with Gasteiger partial charge in [-0.2, -0.15) is 4.98 Å². The molecular weight excluding hydrogens is 641 g/mol. The number of aliphatic hydroxyl groups excluding tert-OH is 1. The molecule has 2 aliphatic heterocycles. The number of nitrogens with zero attached hydrogens (tertiary/aromatic N) is 5. The maximum atomic E-state index is 15.6. The van der Waals surface area contributed by atoms with Gasteiger partial charge in [0, 0.05) is 12.1 Å². The van der Waals surface area contributed by atoms with E-state index >= 15 is 4.39 Å². The summed E-state index contributed by atoms with van der Waals surface area (Å²) in [6, 6.07) is 0.685. The van der Waals surface area contributed by atoms with Crippen molar-refractivity contribution in [2.45, 2.75) is 49.3 Å². The lowest BCUT2D eigenvalue weighted by Crippen LogP contribution is -2.35. The molecule has 3 aromatic rings. The number of ether oxygens (including phenoxy) is 1. The first-order chi connectivity index (χ1) is 19.9. The number of hydrogen-bond donors (Lipinski definition) is 6. The van der Waals surface area contributed by atoms with E-state index in [9.17, 15) is 19.0 Å². The average molecular weight is 667 g/mol. The highest BCUT2D eigenvalue weighted by Gasteiger charge is 2.52. The van der Waals surface area contributed by atoms with Crippen LogP contribution in [0.4, 0.5) is 16.2 Å². The third-order valence-corrected chi connectivity index (χ3v) is 10.3. The molecule has 3 aliphatic rings. The number of H-pyrrole nitrogens is 1. The predicted octanol–water partition coefficient (Wildman–Crippen LogP) is 1.48. The minimum Gasteiger partial charge on any atom is -0.387 e. The van der Waals surface area contributed by atoms with Gasteiger partial charge in [-0.3, -0.25) is 27.9 Å². The van der Waals surface area contributed by atoms with Gasteiger partial charge in [0.05, 0.1) is 25.6 Å². The van der Waals surface area contributed by atoms with Gasteiger partial charge in [-0.15, -0.1) is 0 Å². The second-order valence-electron chi connectivity index (χ2n) is 9.79. The highest BCUT2D eigenvalue weighted by molar-refractivity contribution is 8.44. The van der Waals surface area contributed by atoms with E-state index in [2.05, 4.69) is 54.7 Å². The first-order valence-electron chi connectivity index (χ1n) is 12.4. The van der Waals surface area contributed by atoms with E-state index in [0.29, 0.717) is 5.82 Å². The summed E-state index contributed by atoms with van der Waals surface area (Å²) in [7, 11) is 0. The third kappa shape index (κ3) is 5.97. The van der Waals surface area contributed by atoms with E-state index in [1.54, 1.807) is 6.07 Å². The Hall–Kier alpha value is -2.12. The molecule has 22 heteroatoms. The molecule has 3 fully saturated rings. The standard InChI is InChI=1S/C20H25FN8O9P2S2/c21-12-9(26-11-1-2-23-6-24-11)3-8-4-34-39(32,41)38-16-14(30)10(5-35-40(33,42)37-15(8)12)36-19(16)29-7-25-13-17(29)27-20(22)28-18(13)31/h1-2,6-10,12,14-16,19,30H,3-5H2,(H,32,41)(H,33,42)(H,23,24,26)(H3,22,27,28,31)/t8-,9-,10-,12-,14-,15-,16-,19-,39+,40-/m1/s1. The summed E-state index contributed by atoms with van der Waals surface area (Å²) < 4.78 is 71.6. The molecule has 0 radical (unpaired) electrons. The largest absolute Gasteiger partial charge is 0.387 e. The van der Waals surface area contributed by atoms with Crippen LogP contribution in [0.3, 0.4) is 0 Å². The zero-order valence-electron chi connectivity index (χ0n) is 21.2. The van der Waals surface area contributed by atoms with Crippen molar-refractivity contribution in [3.8, 4) is 0 Å². The molecule has 228 valence electrons. The van der Waals surface area contributed by atoms with Gasteiger partial charge < -0.3 is 25.4 Å². The molecule has 3 aromatic heterocycles. The van der Waals surface area contributed by atoms with Gasteiger partial charge >= 0.3 is 13.6 Å². The highest BCUT2D eigenvalue weighted by atomic mass is 32.7. The Bertz CT molecular complexity index is 1620. The van der Waals surface area contributed by atoms with Crippen molar-refractivity contribution in [1.29, 1.82) is 0 Å². The molecule has 0 amide bonds. The SMILES string of the molecule is Nc1nc2c(ncn2[C@@H]2O[C@@H]3CO[P@@](=O)(S)O[C@@H]4[C@@H](CO[P@](=O)(S)O[C@@H]2[C@@H]3O)C[C@@H](Nc2ccncn2)[C@H]4F)c(=O)[nH]1. The second kappa shape index (κ2) is 11.4. The molecule has 1 saturated carbocycles. The predicted molar refractivity (Wildman–Crippen MR) is 150 cm³/mol. The minimum atomic E-state index is -4.28. The fourth-order valence-electron chi connectivity index (χ4n) is 5.14. The van der Waals surface area contributed by atoms with E-state index in [0.717, 1.165) is 0 Å². The fraction of sp³-hybridized carbons (Fsp3) is 0.550. The maximum absolute atomic E-state index is 15.6. The van der Waals surface area contributed by atoms with Gasteiger partial charge in [0.15, 0.2) is 17.4 Å². The van der Waals surface area contributed by atoms with Crippen LogP contribution in [0.1, 0.15) is 12.6 Å². The Labute approximate surface area is 246 Å². The molecule has 5 N–H and O–H groups in total. The quantitative estimate of drug-likeness (QED) is 0.172. The number of aliphatic hydroxyl groups is 1. The van der Waals surface area contributed by atoms with Gasteiger partial charge in [-0.25, -0.2) is 28.5 Å². The Morgan fingerprint density at radius 3 is 2.64 bits per heavy atom. The first-order valence-corrected chi connectivity index (χ1v) is 17.8. The number of nitrogen functional groups attached to an aromatic ring is 1. The zero-order valence-corrected chi connectivity index (χ0v) is 24.8. The van der Waals surface area contributed by atoms with Crippen molar-refractivity contribution in [2.24, 2.45) is 5.92 Å². The van der Waals surface area contributed by atoms with Crippen molar-refractivity contribution in [1.82, 2.24) is 29.5 Å². The number of hydrogen-bond acceptors (Lipinski definition) is 15. The zero-order chi connectivity index (χ0) is 29.8. The lowest BCUT2D eigenvalue weighted by molar-refractivity contribution is -0.0498. The van der Waals surface area contributed by atoms with Crippen LogP contribution >= 0.6 is 38.1 Å². The van der Waals surface area contributed by atoms with Gasteiger partial charge in [0.2, 0.25) is 5.95 Å². The second-order valence-corrected chi connectivity index (χ2v) is 15.5. The maximum Gasteiger partial charge on any atom is 0.386 e. The topological polar surface area (TPSA) is 228 Å². The summed E-state index contributed by atoms with van der Waals surface area (Å²) in [5.74, 6) is -0.674. The number of halogens is 1. The van der Waals surface area contributed by atoms with E-state index in [4.69, 9.17) is 28.6 Å². The van der Waals surface area contributed by atoms with Crippen molar-refractivity contribution in [2.75, 3.05) is 24.3 Å². The lowest BCUT2D eigenvalue weighted by Gasteiger charge is -2.27. The molecule has 2 saturated heterocycles. The smallest absolute Gasteiger partial charge is 0.386 e. The minimum absolute atomic E-state index is 0.0205. The molecule has 0 aromatic carbocycles. The lowest BCUT2D eigenvalue weighted by atomic mass is 10.1. The Kier molecular flexibility index (Phi) is 8.14. The molecular formula is C20H25FN8O9P2S2. The Balaban J connectivity index is 1.29. The first kappa shape index (κ1) is 29.9. The number of nitrogens with one attached hydrogen (secondary N) is 2. The van der Waals surface area contributed by atoms with Gasteiger partial charge in [-0.1, -0.05) is 24.5 Å². The number of imidazole rings is 1. The molecule has 10 atom stereocenters. The van der Waals surface area contributed by atoms with E-state index in [1.165, 1.54) is 23.4 Å². The number of rotatable bonds is 3. The monoisotopic (exact) mass is 666 g/mol. The number of aromatic amines is 1. The molecule has 42 heavy (non-hydrogen) atoms. The summed E-state index contributed by atoms with van der Waals surface area (Å²) in [6.45, 7) is -9.50. The summed E-state index contributed by atoms with van der Waals surface area (Å²) in [6.07, 6.45) is -4.61. The van der Waals surface area contributed by atoms with E-state index < -0.39 is 81.1 Å². The number of anilines is 2. The van der Waals surface area contributed by atoms with Gasteiger partial charge in [0.25, 0.3) is 5.56 Å². The van der Waals surface area contributed by atoms with Crippen LogP contribution in [0.2, 0.25) is 0 Å². The molecule has 2 bridgehead atoms. The molecule has 1 aliphatic carbocycles. The molecule has 17 nitrogen and oxygen atoms in total. The highest BCUT2D eigenvalue weighted by Crippen LogP contribution is 2.60. The Morgan fingerprint density at radius 2 is 1.90 bits per heavy atom. The average Bonchev–Trinajstić information content (AvgIpc) is 3.57. The van der Waals surface area contributed by atoms with Gasteiger partial charge in [0.1, 0.15) is 42.7 Å². The van der Waals surface area contributed by atoms with E-state index in [-0.39, 0.29) is 23.5 Å². The van der Waals surface area contributed by atoms with E-state index in [1.807, 2.05) is 0 Å². The Morgan fingerprint density at radius 1 is 1.17 bits per heavy atom. The van der Waals surface area contributed by atoms with Crippen molar-refractivity contribution in [3.63, 3.8) is 0 Å². The van der Waals surface area contributed by atoms with Crippen molar-refractivity contribution < 1.29 is 41.5 Å². The fourth-order valence-corrected chi connectivity index (χ4v) is 8.16. The molecule has 5 heterocycles. The van der Waals surface area contributed by atoms with Crippen LogP contribution in [0.25, 0.3) is 11.2 Å². The molecule has 6 rings (SSSR count). The number of alkyl halides is 1. The number of fused-ring (bicyclic) bond motifs is 4. The summed E-state index contributed by atoms with van der Waals surface area (Å²) in [5, 5.41) is 14.0. The third-order valence-electron chi connectivity index (χ3n) is 7.04. The molecule has 0 unspecified atom stereocenters. The number of nitrogens with two attached hydrogens (primary N) is 1.